The Bertz CT molecular complexity index is 282. The van der Waals surface area contributed by atoms with Crippen molar-refractivity contribution in [2.75, 3.05) is 19.6 Å². The molecular formula is C14H28BNO4. The zero-order valence-corrected chi connectivity index (χ0v) is 12.5. The van der Waals surface area contributed by atoms with Crippen LogP contribution in [0.4, 0.5) is 0 Å². The van der Waals surface area contributed by atoms with Crippen LogP contribution in [0.15, 0.2) is 0 Å². The predicted molar refractivity (Wildman–Crippen MR) is 79.4 cm³/mol. The Balaban J connectivity index is 0.000000347. The van der Waals surface area contributed by atoms with Gasteiger partial charge in [0.1, 0.15) is 0 Å². The Morgan fingerprint density at radius 3 is 2.20 bits per heavy atom. The summed E-state index contributed by atoms with van der Waals surface area (Å²) in [5.74, 6) is -0.229. The number of likely N-dealkylation sites (tertiary alicyclic amines) is 1. The van der Waals surface area contributed by atoms with Gasteiger partial charge in [0.05, 0.1) is 5.92 Å². The van der Waals surface area contributed by atoms with Crippen LogP contribution in [0, 0.1) is 11.8 Å². The van der Waals surface area contributed by atoms with Gasteiger partial charge in [0.15, 0.2) is 0 Å². The van der Waals surface area contributed by atoms with E-state index in [0.717, 1.165) is 25.8 Å². The normalized spacial score (nSPS) is 26.8. The van der Waals surface area contributed by atoms with Crippen LogP contribution < -0.4 is 0 Å². The molecule has 1 aliphatic carbocycles. The van der Waals surface area contributed by atoms with Gasteiger partial charge in [0.2, 0.25) is 0 Å². The number of carbonyl (C=O) groups is 1. The molecule has 2 atom stereocenters. The van der Waals surface area contributed by atoms with Gasteiger partial charge in [0, 0.05) is 6.54 Å². The molecule has 0 spiro atoms. The van der Waals surface area contributed by atoms with Crippen LogP contribution >= 0.6 is 0 Å². The monoisotopic (exact) mass is 285 g/mol. The smallest absolute Gasteiger partial charge is 0.451 e. The summed E-state index contributed by atoms with van der Waals surface area (Å²) in [5, 5.41) is 25.0. The summed E-state index contributed by atoms with van der Waals surface area (Å²) in [7, 11) is -1.12. The molecule has 2 fully saturated rings. The molecule has 1 heterocycles. The molecule has 2 rings (SSSR count). The summed E-state index contributed by atoms with van der Waals surface area (Å²) >= 11 is 0. The number of carboxylic acids is 1. The molecule has 1 saturated heterocycles. The van der Waals surface area contributed by atoms with Gasteiger partial charge in [-0.2, -0.15) is 0 Å². The highest BCUT2D eigenvalue weighted by Crippen LogP contribution is 2.31. The first-order valence-electron chi connectivity index (χ1n) is 7.85. The molecule has 116 valence electrons. The largest absolute Gasteiger partial charge is 0.481 e. The number of hydrogen-bond donors (Lipinski definition) is 3. The molecule has 2 aliphatic rings. The van der Waals surface area contributed by atoms with E-state index < -0.39 is 13.1 Å². The molecule has 0 bridgehead atoms. The van der Waals surface area contributed by atoms with Crippen molar-refractivity contribution in [2.24, 2.45) is 11.8 Å². The minimum atomic E-state index is -1.12. The van der Waals surface area contributed by atoms with Gasteiger partial charge < -0.3 is 20.1 Å². The zero-order chi connectivity index (χ0) is 15.0. The minimum absolute atomic E-state index is 0.0700. The Kier molecular flexibility index (Phi) is 8.18. The summed E-state index contributed by atoms with van der Waals surface area (Å²) in [4.78, 5) is 13.6. The Morgan fingerprint density at radius 1 is 1.15 bits per heavy atom. The van der Waals surface area contributed by atoms with Gasteiger partial charge in [-0.15, -0.1) is 0 Å². The van der Waals surface area contributed by atoms with Crippen molar-refractivity contribution in [1.82, 2.24) is 4.90 Å². The predicted octanol–water partition coefficient (Wildman–Crippen LogP) is 1.45. The second kappa shape index (κ2) is 9.37. The van der Waals surface area contributed by atoms with Crippen molar-refractivity contribution < 1.29 is 19.9 Å². The fourth-order valence-corrected chi connectivity index (χ4v) is 3.05. The number of hydrogen-bond acceptors (Lipinski definition) is 4. The van der Waals surface area contributed by atoms with Crippen LogP contribution in [0.1, 0.15) is 45.4 Å². The lowest BCUT2D eigenvalue weighted by atomic mass is 9.79. The molecule has 0 radical (unpaired) electrons. The molecule has 0 aromatic heterocycles. The van der Waals surface area contributed by atoms with Crippen molar-refractivity contribution in [3.05, 3.63) is 0 Å². The van der Waals surface area contributed by atoms with E-state index in [0.29, 0.717) is 12.2 Å². The van der Waals surface area contributed by atoms with E-state index in [-0.39, 0.29) is 5.92 Å². The quantitative estimate of drug-likeness (QED) is 0.681. The third-order valence-corrected chi connectivity index (χ3v) is 4.28. The van der Waals surface area contributed by atoms with E-state index in [4.69, 9.17) is 15.2 Å². The van der Waals surface area contributed by atoms with E-state index in [1.54, 1.807) is 6.92 Å². The Labute approximate surface area is 122 Å². The van der Waals surface area contributed by atoms with E-state index in [2.05, 4.69) is 4.90 Å². The van der Waals surface area contributed by atoms with Crippen LogP contribution in [0.5, 0.6) is 0 Å². The second-order valence-corrected chi connectivity index (χ2v) is 5.89. The average molecular weight is 285 g/mol. The maximum Gasteiger partial charge on any atom is 0.451 e. The summed E-state index contributed by atoms with van der Waals surface area (Å²) < 4.78 is 0. The van der Waals surface area contributed by atoms with Crippen LogP contribution in [0.2, 0.25) is 6.32 Å². The van der Waals surface area contributed by atoms with Gasteiger partial charge in [-0.25, -0.2) is 0 Å². The fraction of sp³-hybridized carbons (Fsp3) is 0.929. The number of aliphatic carboxylic acids is 1. The summed E-state index contributed by atoms with van der Waals surface area (Å²) in [6.07, 6.45) is 7.35. The SMILES string of the molecule is CCB(O)O.O=C(O)C1CCCCC1CN1CCCC1. The number of carboxylic acid groups (broad SMARTS) is 1. The first-order valence-corrected chi connectivity index (χ1v) is 7.85. The third-order valence-electron chi connectivity index (χ3n) is 4.28. The topological polar surface area (TPSA) is 81.0 Å². The third kappa shape index (κ3) is 6.24. The zero-order valence-electron chi connectivity index (χ0n) is 12.5. The molecule has 20 heavy (non-hydrogen) atoms. The van der Waals surface area contributed by atoms with Crippen LogP contribution in [0.25, 0.3) is 0 Å². The van der Waals surface area contributed by atoms with Crippen LogP contribution in [-0.2, 0) is 4.79 Å². The molecule has 2 unspecified atom stereocenters. The van der Waals surface area contributed by atoms with Gasteiger partial charge in [-0.1, -0.05) is 19.8 Å². The molecular weight excluding hydrogens is 257 g/mol. The standard InChI is InChI=1S/C12H21NO2.C2H7BO2/c14-12(15)11-6-2-1-5-10(11)9-13-7-3-4-8-13;1-2-3(4)5/h10-11H,1-9H2,(H,14,15);4-5H,2H2,1H3. The highest BCUT2D eigenvalue weighted by molar-refractivity contribution is 6.40. The average Bonchev–Trinajstić information content (AvgIpc) is 2.92. The Hall–Kier alpha value is -0.585. The van der Waals surface area contributed by atoms with Crippen LogP contribution in [0.3, 0.4) is 0 Å². The van der Waals surface area contributed by atoms with E-state index in [1.165, 1.54) is 32.4 Å². The highest BCUT2D eigenvalue weighted by Gasteiger charge is 2.32. The summed E-state index contributed by atoms with van der Waals surface area (Å²) in [6, 6.07) is 0. The molecule has 0 amide bonds. The fourth-order valence-electron chi connectivity index (χ4n) is 3.05. The molecule has 6 heteroatoms. The molecule has 3 N–H and O–H groups in total. The van der Waals surface area contributed by atoms with Gasteiger partial charge in [-0.05, 0) is 51.0 Å². The molecule has 5 nitrogen and oxygen atoms in total. The summed E-state index contributed by atoms with van der Waals surface area (Å²) in [6.45, 7) is 5.09. The maximum absolute atomic E-state index is 11.1. The molecule has 0 aromatic rings. The van der Waals surface area contributed by atoms with E-state index in [1.807, 2.05) is 0 Å². The highest BCUT2D eigenvalue weighted by atomic mass is 16.4. The van der Waals surface area contributed by atoms with Crippen molar-refractivity contribution in [3.8, 4) is 0 Å². The van der Waals surface area contributed by atoms with Crippen molar-refractivity contribution in [2.45, 2.75) is 51.8 Å². The Morgan fingerprint density at radius 2 is 1.70 bits per heavy atom. The number of nitrogens with zero attached hydrogens (tertiary/aromatic N) is 1. The lowest BCUT2D eigenvalue weighted by Crippen LogP contribution is -2.36. The second-order valence-electron chi connectivity index (χ2n) is 5.89. The van der Waals surface area contributed by atoms with E-state index in [9.17, 15) is 4.79 Å². The summed E-state index contributed by atoms with van der Waals surface area (Å²) in [5.41, 5.74) is 0. The van der Waals surface area contributed by atoms with E-state index >= 15 is 0 Å². The van der Waals surface area contributed by atoms with Crippen molar-refractivity contribution in [3.63, 3.8) is 0 Å². The lowest BCUT2D eigenvalue weighted by molar-refractivity contribution is -0.145. The molecule has 1 aliphatic heterocycles. The first kappa shape index (κ1) is 17.5. The van der Waals surface area contributed by atoms with Gasteiger partial charge in [-0.3, -0.25) is 4.79 Å². The lowest BCUT2D eigenvalue weighted by Gasteiger charge is -2.31. The molecule has 1 saturated carbocycles. The number of rotatable bonds is 4. The van der Waals surface area contributed by atoms with Crippen LogP contribution in [-0.4, -0.2) is 52.8 Å². The van der Waals surface area contributed by atoms with Crippen molar-refractivity contribution in [1.29, 1.82) is 0 Å². The first-order chi connectivity index (χ1) is 9.54. The van der Waals surface area contributed by atoms with Gasteiger partial charge in [0.25, 0.3) is 0 Å². The van der Waals surface area contributed by atoms with Gasteiger partial charge >= 0.3 is 13.1 Å². The van der Waals surface area contributed by atoms with Crippen molar-refractivity contribution >= 4 is 13.1 Å². The maximum atomic E-state index is 11.1. The minimum Gasteiger partial charge on any atom is -0.481 e. The molecule has 0 aromatic carbocycles.